The minimum Gasteiger partial charge on any atom is -0.295 e. The molecule has 0 spiro atoms. The molecule has 0 aliphatic rings. The second-order valence-electron chi connectivity index (χ2n) is 4.58. The van der Waals surface area contributed by atoms with Crippen LogP contribution in [-0.4, -0.2) is 11.9 Å². The second kappa shape index (κ2) is 5.48. The number of thiophene rings is 1. The normalized spacial score (nSPS) is 12.9. The summed E-state index contributed by atoms with van der Waals surface area (Å²) in [5, 5.41) is 2.14. The zero-order chi connectivity index (χ0) is 12.3. The molecule has 0 N–H and O–H groups in total. The third-order valence-corrected chi connectivity index (χ3v) is 4.07. The van der Waals surface area contributed by atoms with Crippen molar-refractivity contribution in [3.63, 3.8) is 0 Å². The first-order valence-electron chi connectivity index (χ1n) is 5.96. The van der Waals surface area contributed by atoms with E-state index in [1.54, 1.807) is 0 Å². The van der Waals surface area contributed by atoms with Gasteiger partial charge in [-0.1, -0.05) is 35.9 Å². The molecule has 0 radical (unpaired) electrons. The van der Waals surface area contributed by atoms with Crippen molar-refractivity contribution in [3.05, 3.63) is 57.8 Å². The molecule has 17 heavy (non-hydrogen) atoms. The van der Waals surface area contributed by atoms with Crippen LogP contribution in [-0.2, 0) is 6.54 Å². The van der Waals surface area contributed by atoms with Crippen LogP contribution in [0.25, 0.3) is 0 Å². The minimum atomic E-state index is 0.456. The van der Waals surface area contributed by atoms with Gasteiger partial charge >= 0.3 is 0 Å². The topological polar surface area (TPSA) is 3.24 Å². The van der Waals surface area contributed by atoms with Crippen LogP contribution in [0.5, 0.6) is 0 Å². The lowest BCUT2D eigenvalue weighted by Gasteiger charge is -2.24. The van der Waals surface area contributed by atoms with E-state index in [-0.39, 0.29) is 0 Å². The Morgan fingerprint density at radius 2 is 1.88 bits per heavy atom. The Hall–Kier alpha value is -1.12. The van der Waals surface area contributed by atoms with Gasteiger partial charge < -0.3 is 0 Å². The minimum absolute atomic E-state index is 0.456. The van der Waals surface area contributed by atoms with E-state index in [9.17, 15) is 0 Å². The molecule has 0 amide bonds. The first kappa shape index (κ1) is 12.3. The predicted octanol–water partition coefficient (Wildman–Crippen LogP) is 4.25. The van der Waals surface area contributed by atoms with Gasteiger partial charge in [0.2, 0.25) is 0 Å². The van der Waals surface area contributed by atoms with Crippen LogP contribution in [0.4, 0.5) is 0 Å². The van der Waals surface area contributed by atoms with E-state index in [0.29, 0.717) is 6.04 Å². The molecular weight excluding hydrogens is 226 g/mol. The number of rotatable bonds is 4. The SMILES string of the molecule is Cc1ccc([C@H](C)N(C)Cc2cccs2)cc1. The van der Waals surface area contributed by atoms with Crippen molar-refractivity contribution >= 4 is 11.3 Å². The number of aryl methyl sites for hydroxylation is 1. The van der Waals surface area contributed by atoms with Gasteiger partial charge in [0.25, 0.3) is 0 Å². The Morgan fingerprint density at radius 3 is 2.47 bits per heavy atom. The predicted molar refractivity (Wildman–Crippen MR) is 75.4 cm³/mol. The summed E-state index contributed by atoms with van der Waals surface area (Å²) in [6.07, 6.45) is 0. The molecule has 2 heteroatoms. The van der Waals surface area contributed by atoms with Crippen molar-refractivity contribution < 1.29 is 0 Å². The molecule has 0 aliphatic heterocycles. The highest BCUT2D eigenvalue weighted by atomic mass is 32.1. The summed E-state index contributed by atoms with van der Waals surface area (Å²) in [7, 11) is 2.18. The van der Waals surface area contributed by atoms with E-state index < -0.39 is 0 Å². The average Bonchev–Trinajstić information content (AvgIpc) is 2.82. The number of hydrogen-bond donors (Lipinski definition) is 0. The van der Waals surface area contributed by atoms with E-state index in [4.69, 9.17) is 0 Å². The monoisotopic (exact) mass is 245 g/mol. The summed E-state index contributed by atoms with van der Waals surface area (Å²) in [5.41, 5.74) is 2.71. The molecule has 2 aromatic rings. The zero-order valence-electron chi connectivity index (χ0n) is 10.7. The molecule has 2 rings (SSSR count). The summed E-state index contributed by atoms with van der Waals surface area (Å²) < 4.78 is 0. The van der Waals surface area contributed by atoms with E-state index >= 15 is 0 Å². The maximum atomic E-state index is 2.39. The van der Waals surface area contributed by atoms with Crippen molar-refractivity contribution in [3.8, 4) is 0 Å². The van der Waals surface area contributed by atoms with Gasteiger partial charge in [0, 0.05) is 17.5 Å². The second-order valence-corrected chi connectivity index (χ2v) is 5.61. The van der Waals surface area contributed by atoms with Crippen molar-refractivity contribution in [2.45, 2.75) is 26.4 Å². The summed E-state index contributed by atoms with van der Waals surface area (Å²) in [6.45, 7) is 5.41. The summed E-state index contributed by atoms with van der Waals surface area (Å²) in [5.74, 6) is 0. The molecule has 0 saturated carbocycles. The van der Waals surface area contributed by atoms with Crippen molar-refractivity contribution in [2.75, 3.05) is 7.05 Å². The Kier molecular flexibility index (Phi) is 3.97. The highest BCUT2D eigenvalue weighted by Gasteiger charge is 2.11. The molecule has 1 nitrogen and oxygen atoms in total. The Balaban J connectivity index is 2.04. The van der Waals surface area contributed by atoms with Gasteiger partial charge in [0.05, 0.1) is 0 Å². The molecule has 90 valence electrons. The van der Waals surface area contributed by atoms with Crippen LogP contribution in [0.2, 0.25) is 0 Å². The molecule has 1 atom stereocenters. The molecule has 0 unspecified atom stereocenters. The van der Waals surface area contributed by atoms with Crippen LogP contribution in [0.15, 0.2) is 41.8 Å². The van der Waals surface area contributed by atoms with Gasteiger partial charge in [0.15, 0.2) is 0 Å². The maximum Gasteiger partial charge on any atom is 0.0330 e. The quantitative estimate of drug-likeness (QED) is 0.778. The van der Waals surface area contributed by atoms with Gasteiger partial charge in [-0.15, -0.1) is 11.3 Å². The van der Waals surface area contributed by atoms with Crippen LogP contribution >= 0.6 is 11.3 Å². The van der Waals surface area contributed by atoms with E-state index in [2.05, 4.69) is 67.6 Å². The Morgan fingerprint density at radius 1 is 1.18 bits per heavy atom. The van der Waals surface area contributed by atoms with E-state index in [0.717, 1.165) is 6.54 Å². The molecule has 0 saturated heterocycles. The molecule has 1 aromatic heterocycles. The lowest BCUT2D eigenvalue weighted by Crippen LogP contribution is -2.21. The number of hydrogen-bond acceptors (Lipinski definition) is 2. The summed E-state index contributed by atoms with van der Waals surface area (Å²) in [6, 6.07) is 13.6. The fourth-order valence-corrected chi connectivity index (χ4v) is 2.65. The molecule has 0 fully saturated rings. The van der Waals surface area contributed by atoms with Gasteiger partial charge in [-0.2, -0.15) is 0 Å². The number of benzene rings is 1. The lowest BCUT2D eigenvalue weighted by molar-refractivity contribution is 0.255. The first-order chi connectivity index (χ1) is 8.16. The van der Waals surface area contributed by atoms with Crippen molar-refractivity contribution in [2.24, 2.45) is 0 Å². The summed E-state index contributed by atoms with van der Waals surface area (Å²) in [4.78, 5) is 3.81. The van der Waals surface area contributed by atoms with Crippen LogP contribution in [0, 0.1) is 6.92 Å². The Bertz CT molecular complexity index is 444. The molecule has 0 bridgehead atoms. The van der Waals surface area contributed by atoms with Crippen molar-refractivity contribution in [1.29, 1.82) is 0 Å². The highest BCUT2D eigenvalue weighted by molar-refractivity contribution is 7.09. The largest absolute Gasteiger partial charge is 0.295 e. The Labute approximate surface area is 108 Å². The number of nitrogens with zero attached hydrogens (tertiary/aromatic N) is 1. The zero-order valence-corrected chi connectivity index (χ0v) is 11.5. The van der Waals surface area contributed by atoms with E-state index in [1.165, 1.54) is 16.0 Å². The average molecular weight is 245 g/mol. The molecule has 1 heterocycles. The van der Waals surface area contributed by atoms with Crippen molar-refractivity contribution in [1.82, 2.24) is 4.90 Å². The van der Waals surface area contributed by atoms with Crippen LogP contribution in [0.1, 0.15) is 29.0 Å². The highest BCUT2D eigenvalue weighted by Crippen LogP contribution is 2.22. The third kappa shape index (κ3) is 3.18. The van der Waals surface area contributed by atoms with Gasteiger partial charge in [-0.25, -0.2) is 0 Å². The maximum absolute atomic E-state index is 2.39. The smallest absolute Gasteiger partial charge is 0.0330 e. The van der Waals surface area contributed by atoms with Gasteiger partial charge in [0.1, 0.15) is 0 Å². The fourth-order valence-electron chi connectivity index (χ4n) is 1.88. The molecule has 1 aromatic carbocycles. The first-order valence-corrected chi connectivity index (χ1v) is 6.84. The van der Waals surface area contributed by atoms with Gasteiger partial charge in [-0.3, -0.25) is 4.90 Å². The van der Waals surface area contributed by atoms with Crippen LogP contribution < -0.4 is 0 Å². The fraction of sp³-hybridized carbons (Fsp3) is 0.333. The lowest BCUT2D eigenvalue weighted by atomic mass is 10.1. The standard InChI is InChI=1S/C15H19NS/c1-12-6-8-14(9-7-12)13(2)16(3)11-15-5-4-10-17-15/h4-10,13H,11H2,1-3H3/t13-/m0/s1. The summed E-state index contributed by atoms with van der Waals surface area (Å²) >= 11 is 1.82. The molecule has 0 aliphatic carbocycles. The van der Waals surface area contributed by atoms with E-state index in [1.807, 2.05) is 11.3 Å². The van der Waals surface area contributed by atoms with Gasteiger partial charge in [-0.05, 0) is 37.9 Å². The third-order valence-electron chi connectivity index (χ3n) is 3.21. The molecular formula is C15H19NS. The van der Waals surface area contributed by atoms with Crippen LogP contribution in [0.3, 0.4) is 0 Å².